The molecule has 5 nitrogen and oxygen atoms in total. The number of Topliss-reactive ketones (excluding diaryl/α,β-unsaturated/α-hetero) is 1. The Labute approximate surface area is 216 Å². The molecule has 5 rings (SSSR count). The zero-order valence-corrected chi connectivity index (χ0v) is 20.4. The number of halogens is 4. The number of alkyl halides is 3. The Morgan fingerprint density at radius 2 is 1.62 bits per heavy atom. The molecule has 1 aliphatic heterocycles. The SMILES string of the molecule is COc1ccc([C@H]2C3=C(C[C@H](c4ccc(Cl)cc4)CC3=O)Nc3ccccc3N2C(=O)C(F)(F)F)cc1. The Kier molecular flexibility index (Phi) is 6.45. The standard InChI is InChI=1S/C28H22ClF3N2O3/c1-37-20-12-8-17(9-13-20)26-25-22(14-18(15-24(25)35)16-6-10-19(29)11-7-16)33-21-4-2-3-5-23(21)34(26)27(36)28(30,31)32/h2-13,18,26,33H,14-15H2,1H3/t18-,26-/m0/s1. The van der Waals surface area contributed by atoms with Gasteiger partial charge in [0.15, 0.2) is 5.78 Å². The average Bonchev–Trinajstić information content (AvgIpc) is 3.02. The van der Waals surface area contributed by atoms with Crippen molar-refractivity contribution in [2.45, 2.75) is 31.0 Å². The number of anilines is 2. The molecule has 1 aliphatic carbocycles. The molecule has 3 aromatic rings. The summed E-state index contributed by atoms with van der Waals surface area (Å²) in [5.74, 6) is -2.09. The minimum atomic E-state index is -5.16. The van der Waals surface area contributed by atoms with Crippen molar-refractivity contribution in [1.82, 2.24) is 0 Å². The second kappa shape index (κ2) is 9.59. The maximum Gasteiger partial charge on any atom is 0.471 e. The lowest BCUT2D eigenvalue weighted by Crippen LogP contribution is -2.45. The summed E-state index contributed by atoms with van der Waals surface area (Å²) in [5.41, 5.74) is 2.24. The molecule has 9 heteroatoms. The highest BCUT2D eigenvalue weighted by Gasteiger charge is 2.49. The second-order valence-corrected chi connectivity index (χ2v) is 9.40. The highest BCUT2D eigenvalue weighted by atomic mass is 35.5. The zero-order chi connectivity index (χ0) is 26.3. The van der Waals surface area contributed by atoms with Crippen LogP contribution in [0.1, 0.15) is 35.9 Å². The summed E-state index contributed by atoms with van der Waals surface area (Å²) in [6, 6.07) is 18.5. The van der Waals surface area contributed by atoms with E-state index in [1.807, 2.05) is 12.1 Å². The number of para-hydroxylation sites is 2. The summed E-state index contributed by atoms with van der Waals surface area (Å²) in [6.07, 6.45) is -4.70. The molecule has 0 saturated carbocycles. The van der Waals surface area contributed by atoms with E-state index in [-0.39, 0.29) is 29.4 Å². The second-order valence-electron chi connectivity index (χ2n) is 8.96. The molecule has 0 fully saturated rings. The fourth-order valence-electron chi connectivity index (χ4n) is 5.02. The molecule has 3 aromatic carbocycles. The van der Waals surface area contributed by atoms with E-state index in [9.17, 15) is 22.8 Å². The molecule has 190 valence electrons. The number of benzene rings is 3. The van der Waals surface area contributed by atoms with Gasteiger partial charge in [-0.1, -0.05) is 48.0 Å². The summed E-state index contributed by atoms with van der Waals surface area (Å²) in [6.45, 7) is 0. The van der Waals surface area contributed by atoms with Gasteiger partial charge in [-0.25, -0.2) is 0 Å². The van der Waals surface area contributed by atoms with E-state index >= 15 is 0 Å². The lowest BCUT2D eigenvalue weighted by atomic mass is 9.78. The first-order chi connectivity index (χ1) is 17.7. The minimum absolute atomic E-state index is 0.0379. The van der Waals surface area contributed by atoms with E-state index in [1.165, 1.54) is 13.2 Å². The lowest BCUT2D eigenvalue weighted by Gasteiger charge is -2.35. The van der Waals surface area contributed by atoms with Crippen LogP contribution in [0, 0.1) is 0 Å². The van der Waals surface area contributed by atoms with Crippen LogP contribution in [-0.4, -0.2) is 25.0 Å². The van der Waals surface area contributed by atoms with Gasteiger partial charge >= 0.3 is 12.1 Å². The van der Waals surface area contributed by atoms with Crippen molar-refractivity contribution < 1.29 is 27.5 Å². The van der Waals surface area contributed by atoms with Gasteiger partial charge < -0.3 is 10.1 Å². The molecule has 0 unspecified atom stereocenters. The third-order valence-corrected chi connectivity index (χ3v) is 6.97. The fraction of sp³-hybridized carbons (Fsp3) is 0.214. The zero-order valence-electron chi connectivity index (χ0n) is 19.7. The third kappa shape index (κ3) is 4.69. The number of ether oxygens (including phenoxy) is 1. The molecule has 2 atom stereocenters. The Balaban J connectivity index is 1.71. The van der Waals surface area contributed by atoms with Gasteiger partial charge in [0.2, 0.25) is 0 Å². The van der Waals surface area contributed by atoms with Crippen LogP contribution in [0.4, 0.5) is 24.5 Å². The third-order valence-electron chi connectivity index (χ3n) is 6.72. The molecule has 0 spiro atoms. The largest absolute Gasteiger partial charge is 0.497 e. The van der Waals surface area contributed by atoms with Crippen LogP contribution in [-0.2, 0) is 9.59 Å². The van der Waals surface area contributed by atoms with E-state index in [0.29, 0.717) is 39.0 Å². The van der Waals surface area contributed by atoms with Crippen LogP contribution in [0.2, 0.25) is 5.02 Å². The number of methoxy groups -OCH3 is 1. The first kappa shape index (κ1) is 24.9. The van der Waals surface area contributed by atoms with Crippen molar-refractivity contribution in [3.05, 3.63) is 100 Å². The molecular formula is C28H22ClF3N2O3. The number of ketones is 1. The highest BCUT2D eigenvalue weighted by molar-refractivity contribution is 6.30. The van der Waals surface area contributed by atoms with Gasteiger partial charge in [0, 0.05) is 22.7 Å². The molecule has 1 amide bonds. The van der Waals surface area contributed by atoms with Gasteiger partial charge in [-0.05, 0) is 59.9 Å². The van der Waals surface area contributed by atoms with E-state index in [4.69, 9.17) is 16.3 Å². The number of carbonyl (C=O) groups excluding carboxylic acids is 2. The van der Waals surface area contributed by atoms with Gasteiger partial charge in [-0.2, -0.15) is 13.2 Å². The molecule has 0 radical (unpaired) electrons. The monoisotopic (exact) mass is 526 g/mol. The number of nitrogens with one attached hydrogen (secondary N) is 1. The quantitative estimate of drug-likeness (QED) is 0.407. The van der Waals surface area contributed by atoms with E-state index in [0.717, 1.165) is 5.56 Å². The summed E-state index contributed by atoms with van der Waals surface area (Å²) < 4.78 is 47.1. The average molecular weight is 527 g/mol. The maximum atomic E-state index is 14.0. The number of amides is 1. The number of hydrogen-bond acceptors (Lipinski definition) is 4. The fourth-order valence-corrected chi connectivity index (χ4v) is 5.15. The van der Waals surface area contributed by atoms with Gasteiger partial charge in [-0.3, -0.25) is 14.5 Å². The van der Waals surface area contributed by atoms with E-state index in [1.54, 1.807) is 54.6 Å². The summed E-state index contributed by atoms with van der Waals surface area (Å²) >= 11 is 6.03. The number of carbonyl (C=O) groups is 2. The smallest absolute Gasteiger partial charge is 0.471 e. The maximum absolute atomic E-state index is 14.0. The van der Waals surface area contributed by atoms with Crippen LogP contribution in [0.3, 0.4) is 0 Å². The van der Waals surface area contributed by atoms with Crippen LogP contribution >= 0.6 is 11.6 Å². The number of nitrogens with zero attached hydrogens (tertiary/aromatic N) is 1. The van der Waals surface area contributed by atoms with Gasteiger partial charge in [0.1, 0.15) is 5.75 Å². The molecule has 0 aromatic heterocycles. The Hall–Kier alpha value is -3.78. The van der Waals surface area contributed by atoms with Crippen LogP contribution < -0.4 is 15.0 Å². The highest BCUT2D eigenvalue weighted by Crippen LogP contribution is 2.48. The van der Waals surface area contributed by atoms with Crippen molar-refractivity contribution in [3.63, 3.8) is 0 Å². The van der Waals surface area contributed by atoms with Gasteiger partial charge in [0.25, 0.3) is 0 Å². The Bertz CT molecular complexity index is 1390. The summed E-state index contributed by atoms with van der Waals surface area (Å²) in [4.78, 5) is 27.4. The normalized spacial score (nSPS) is 19.5. The number of rotatable bonds is 3. The predicted molar refractivity (Wildman–Crippen MR) is 135 cm³/mol. The van der Waals surface area contributed by atoms with Crippen molar-refractivity contribution in [1.29, 1.82) is 0 Å². The van der Waals surface area contributed by atoms with Gasteiger partial charge in [0.05, 0.1) is 24.5 Å². The molecule has 0 bridgehead atoms. The molecular weight excluding hydrogens is 505 g/mol. The first-order valence-electron chi connectivity index (χ1n) is 11.6. The first-order valence-corrected chi connectivity index (χ1v) is 12.0. The minimum Gasteiger partial charge on any atom is -0.497 e. The number of allylic oxidation sites excluding steroid dienone is 1. The van der Waals surface area contributed by atoms with Crippen molar-refractivity contribution in [2.24, 2.45) is 0 Å². The van der Waals surface area contributed by atoms with Crippen LogP contribution in [0.15, 0.2) is 84.1 Å². The van der Waals surface area contributed by atoms with Crippen molar-refractivity contribution in [3.8, 4) is 5.75 Å². The number of hydrogen-bond donors (Lipinski definition) is 1. The molecule has 2 aliphatic rings. The topological polar surface area (TPSA) is 58.6 Å². The molecule has 1 N–H and O–H groups in total. The van der Waals surface area contributed by atoms with Crippen LogP contribution in [0.25, 0.3) is 0 Å². The van der Waals surface area contributed by atoms with E-state index < -0.39 is 18.1 Å². The van der Waals surface area contributed by atoms with E-state index in [2.05, 4.69) is 5.32 Å². The van der Waals surface area contributed by atoms with Crippen LogP contribution in [0.5, 0.6) is 5.75 Å². The van der Waals surface area contributed by atoms with Crippen molar-refractivity contribution in [2.75, 3.05) is 17.3 Å². The molecule has 1 heterocycles. The summed E-state index contributed by atoms with van der Waals surface area (Å²) in [5, 5.41) is 3.77. The Morgan fingerprint density at radius 1 is 0.973 bits per heavy atom. The van der Waals surface area contributed by atoms with Gasteiger partial charge in [-0.15, -0.1) is 0 Å². The summed E-state index contributed by atoms with van der Waals surface area (Å²) in [7, 11) is 1.47. The Morgan fingerprint density at radius 3 is 2.27 bits per heavy atom. The predicted octanol–water partition coefficient (Wildman–Crippen LogP) is 6.81. The molecule has 37 heavy (non-hydrogen) atoms. The van der Waals surface area contributed by atoms with Crippen molar-refractivity contribution >= 4 is 34.7 Å². The lowest BCUT2D eigenvalue weighted by molar-refractivity contribution is -0.170. The molecule has 0 saturated heterocycles. The number of fused-ring (bicyclic) bond motifs is 1.